The zero-order valence-corrected chi connectivity index (χ0v) is 16.5. The maximum Gasteiger partial charge on any atom is 0.282 e. The monoisotopic (exact) mass is 388 g/mol. The van der Waals surface area contributed by atoms with Gasteiger partial charge in [-0.15, -0.1) is 11.3 Å². The summed E-state index contributed by atoms with van der Waals surface area (Å²) in [6.45, 7) is 7.60. The van der Waals surface area contributed by atoms with Gasteiger partial charge in [-0.25, -0.2) is 13.8 Å². The number of aromatic nitrogens is 1. The lowest BCUT2D eigenvalue weighted by Crippen LogP contribution is -2.13. The summed E-state index contributed by atoms with van der Waals surface area (Å²) < 4.78 is 26.2. The van der Waals surface area contributed by atoms with Crippen LogP contribution in [0.15, 0.2) is 48.5 Å². The summed E-state index contributed by atoms with van der Waals surface area (Å²) in [7, 11) is 0. The van der Waals surface area contributed by atoms with Gasteiger partial charge < -0.3 is 5.32 Å². The molecule has 1 N–H and O–H groups in total. The minimum Gasteiger partial charge on any atom is -0.321 e. The molecule has 6 heteroatoms. The third-order valence-corrected chi connectivity index (χ3v) is 4.70. The molecule has 0 radical (unpaired) electrons. The highest BCUT2D eigenvalue weighted by molar-refractivity contribution is 7.13. The van der Waals surface area contributed by atoms with E-state index >= 15 is 0 Å². The molecule has 2 aromatic carbocycles. The molecule has 0 fully saturated rings. The SMILES string of the molecule is CC.Cc1ccc(-c2ccccc2NC(=O)c2sc(C)nc2C(F)F)cc1. The largest absolute Gasteiger partial charge is 0.321 e. The maximum atomic E-state index is 13.1. The summed E-state index contributed by atoms with van der Waals surface area (Å²) in [5, 5.41) is 3.18. The van der Waals surface area contributed by atoms with Crippen molar-refractivity contribution < 1.29 is 13.6 Å². The molecule has 0 bridgehead atoms. The summed E-state index contributed by atoms with van der Waals surface area (Å²) in [5.41, 5.74) is 3.01. The van der Waals surface area contributed by atoms with Crippen LogP contribution < -0.4 is 5.32 Å². The van der Waals surface area contributed by atoms with Crippen LogP contribution in [0.4, 0.5) is 14.5 Å². The Balaban J connectivity index is 0.00000126. The number of nitrogens with one attached hydrogen (secondary N) is 1. The number of alkyl halides is 2. The van der Waals surface area contributed by atoms with Crippen LogP contribution in [0.5, 0.6) is 0 Å². The lowest BCUT2D eigenvalue weighted by atomic mass is 10.0. The van der Waals surface area contributed by atoms with Crippen molar-refractivity contribution in [2.75, 3.05) is 5.32 Å². The van der Waals surface area contributed by atoms with Crippen molar-refractivity contribution in [2.24, 2.45) is 0 Å². The van der Waals surface area contributed by atoms with Gasteiger partial charge in [-0.2, -0.15) is 0 Å². The molecule has 3 nitrogen and oxygen atoms in total. The van der Waals surface area contributed by atoms with Crippen molar-refractivity contribution in [3.05, 3.63) is 69.7 Å². The third-order valence-electron chi connectivity index (χ3n) is 3.71. The molecule has 0 saturated heterocycles. The normalized spacial score (nSPS) is 10.3. The number of anilines is 1. The van der Waals surface area contributed by atoms with Gasteiger partial charge in [0.15, 0.2) is 0 Å². The van der Waals surface area contributed by atoms with Gasteiger partial charge in [0.25, 0.3) is 12.3 Å². The van der Waals surface area contributed by atoms with Crippen molar-refractivity contribution in [2.45, 2.75) is 34.1 Å². The smallest absolute Gasteiger partial charge is 0.282 e. The van der Waals surface area contributed by atoms with Crippen molar-refractivity contribution >= 4 is 22.9 Å². The Morgan fingerprint density at radius 1 is 1.04 bits per heavy atom. The number of amides is 1. The zero-order valence-electron chi connectivity index (χ0n) is 15.7. The first-order valence-corrected chi connectivity index (χ1v) is 9.50. The first kappa shape index (κ1) is 20.7. The second kappa shape index (κ2) is 9.37. The van der Waals surface area contributed by atoms with Crippen LogP contribution >= 0.6 is 11.3 Å². The molecule has 3 aromatic rings. The Morgan fingerprint density at radius 2 is 1.67 bits per heavy atom. The van der Waals surface area contributed by atoms with Gasteiger partial charge in [0, 0.05) is 11.3 Å². The number of hydrogen-bond acceptors (Lipinski definition) is 3. The van der Waals surface area contributed by atoms with E-state index < -0.39 is 18.0 Å². The fraction of sp³-hybridized carbons (Fsp3) is 0.238. The number of halogens is 2. The molecule has 0 aliphatic heterocycles. The molecule has 0 spiro atoms. The molecule has 3 rings (SSSR count). The second-order valence-electron chi connectivity index (χ2n) is 5.61. The van der Waals surface area contributed by atoms with E-state index in [9.17, 15) is 13.6 Å². The molecule has 142 valence electrons. The van der Waals surface area contributed by atoms with Crippen LogP contribution in [0.3, 0.4) is 0 Å². The lowest BCUT2D eigenvalue weighted by molar-refractivity contribution is 0.101. The van der Waals surface area contributed by atoms with E-state index in [1.165, 1.54) is 0 Å². The van der Waals surface area contributed by atoms with Crippen molar-refractivity contribution in [1.29, 1.82) is 0 Å². The number of thiazole rings is 1. The Kier molecular flexibility index (Phi) is 7.19. The van der Waals surface area contributed by atoms with Crippen molar-refractivity contribution in [1.82, 2.24) is 4.98 Å². The summed E-state index contributed by atoms with van der Waals surface area (Å²) >= 11 is 0.971. The van der Waals surface area contributed by atoms with Crippen LogP contribution in [0.1, 0.15) is 46.2 Å². The predicted octanol–water partition coefficient (Wildman–Crippen LogP) is 6.64. The predicted molar refractivity (Wildman–Crippen MR) is 108 cm³/mol. The molecule has 1 heterocycles. The van der Waals surface area contributed by atoms with Gasteiger partial charge in [-0.1, -0.05) is 61.9 Å². The number of carbonyl (C=O) groups excluding carboxylic acids is 1. The molecule has 0 atom stereocenters. The van der Waals surface area contributed by atoms with Crippen LogP contribution in [0.25, 0.3) is 11.1 Å². The maximum absolute atomic E-state index is 13.1. The van der Waals surface area contributed by atoms with Gasteiger partial charge in [0.2, 0.25) is 0 Å². The van der Waals surface area contributed by atoms with E-state index in [4.69, 9.17) is 0 Å². The van der Waals surface area contributed by atoms with E-state index in [0.717, 1.165) is 28.0 Å². The van der Waals surface area contributed by atoms with E-state index in [0.29, 0.717) is 10.7 Å². The fourth-order valence-corrected chi connectivity index (χ4v) is 3.33. The number of benzene rings is 2. The standard InChI is InChI=1S/C19H16F2N2OS.C2H6/c1-11-7-9-13(10-8-11)14-5-3-4-6-15(14)23-19(24)17-16(18(20)21)22-12(2)25-17;1-2/h3-10,18H,1-2H3,(H,23,24);1-2H3. The van der Waals surface area contributed by atoms with Crippen molar-refractivity contribution in [3.63, 3.8) is 0 Å². The molecule has 0 unspecified atom stereocenters. The number of aryl methyl sites for hydroxylation is 2. The summed E-state index contributed by atoms with van der Waals surface area (Å²) in [6.07, 6.45) is -2.78. The molecule has 0 aliphatic rings. The van der Waals surface area contributed by atoms with Gasteiger partial charge in [-0.3, -0.25) is 4.79 Å². The summed E-state index contributed by atoms with van der Waals surface area (Å²) in [5.74, 6) is -0.569. The van der Waals surface area contributed by atoms with Crippen LogP contribution in [0, 0.1) is 13.8 Å². The molecular formula is C21H22F2N2OS. The molecule has 27 heavy (non-hydrogen) atoms. The average molecular weight is 388 g/mol. The van der Waals surface area contributed by atoms with E-state index in [-0.39, 0.29) is 4.88 Å². The average Bonchev–Trinajstić information content (AvgIpc) is 3.07. The highest BCUT2D eigenvalue weighted by Crippen LogP contribution is 2.31. The summed E-state index contributed by atoms with van der Waals surface area (Å²) in [6, 6.07) is 15.2. The minimum absolute atomic E-state index is 0.0498. The Morgan fingerprint density at radius 3 is 2.30 bits per heavy atom. The van der Waals surface area contributed by atoms with Crippen LogP contribution in [-0.4, -0.2) is 10.9 Å². The quantitative estimate of drug-likeness (QED) is 0.544. The summed E-state index contributed by atoms with van der Waals surface area (Å²) in [4.78, 5) is 16.2. The van der Waals surface area contributed by atoms with Gasteiger partial charge >= 0.3 is 0 Å². The topological polar surface area (TPSA) is 42.0 Å². The third kappa shape index (κ3) is 4.98. The molecular weight excluding hydrogens is 366 g/mol. The second-order valence-corrected chi connectivity index (χ2v) is 6.82. The van der Waals surface area contributed by atoms with E-state index in [2.05, 4.69) is 10.3 Å². The van der Waals surface area contributed by atoms with E-state index in [1.807, 2.05) is 57.2 Å². The number of rotatable bonds is 4. The number of nitrogens with zero attached hydrogens (tertiary/aromatic N) is 1. The highest BCUT2D eigenvalue weighted by Gasteiger charge is 2.24. The molecule has 1 aromatic heterocycles. The number of para-hydroxylation sites is 1. The van der Waals surface area contributed by atoms with Gasteiger partial charge in [0.05, 0.1) is 5.01 Å². The number of carbonyl (C=O) groups is 1. The zero-order chi connectivity index (χ0) is 20.0. The first-order valence-electron chi connectivity index (χ1n) is 8.68. The minimum atomic E-state index is -2.78. The number of hydrogen-bond donors (Lipinski definition) is 1. The fourth-order valence-electron chi connectivity index (χ4n) is 2.51. The molecule has 1 amide bonds. The molecule has 0 aliphatic carbocycles. The Labute approximate surface area is 162 Å². The van der Waals surface area contributed by atoms with Crippen LogP contribution in [-0.2, 0) is 0 Å². The van der Waals surface area contributed by atoms with E-state index in [1.54, 1.807) is 19.1 Å². The Bertz CT molecular complexity index is 905. The first-order chi connectivity index (χ1) is 13.0. The molecule has 0 saturated carbocycles. The van der Waals surface area contributed by atoms with Crippen molar-refractivity contribution in [3.8, 4) is 11.1 Å². The Hall–Kier alpha value is -2.60. The highest BCUT2D eigenvalue weighted by atomic mass is 32.1. The van der Waals surface area contributed by atoms with Gasteiger partial charge in [-0.05, 0) is 25.5 Å². The lowest BCUT2D eigenvalue weighted by Gasteiger charge is -2.11. The van der Waals surface area contributed by atoms with Gasteiger partial charge in [0.1, 0.15) is 10.6 Å². The van der Waals surface area contributed by atoms with Crippen LogP contribution in [0.2, 0.25) is 0 Å².